The van der Waals surface area contributed by atoms with Crippen LogP contribution in [0.25, 0.3) is 16.7 Å². The molecule has 0 aliphatic heterocycles. The Balaban J connectivity index is 1.37. The van der Waals surface area contributed by atoms with Crippen molar-refractivity contribution in [2.75, 3.05) is 0 Å². The molecule has 1 aliphatic carbocycles. The third-order valence-corrected chi connectivity index (χ3v) is 5.55. The molecule has 0 atom stereocenters. The fourth-order valence-corrected chi connectivity index (χ4v) is 4.11. The van der Waals surface area contributed by atoms with Crippen LogP contribution in [-0.4, -0.2) is 25.5 Å². The van der Waals surface area contributed by atoms with Crippen LogP contribution in [-0.2, 0) is 17.6 Å². The maximum atomic E-state index is 12.8. The number of nitrogens with zero attached hydrogens (tertiary/aromatic N) is 4. The van der Waals surface area contributed by atoms with E-state index < -0.39 is 0 Å². The topological polar surface area (TPSA) is 60.7 Å². The van der Waals surface area contributed by atoms with E-state index in [2.05, 4.69) is 21.1 Å². The maximum absolute atomic E-state index is 12.8. The Kier molecular flexibility index (Phi) is 4.60. The van der Waals surface area contributed by atoms with Crippen LogP contribution in [0.1, 0.15) is 35.4 Å². The molecule has 0 unspecified atom stereocenters. The van der Waals surface area contributed by atoms with Crippen LogP contribution >= 0.6 is 11.6 Å². The number of carbonyl (C=O) groups excluding carboxylic acids is 1. The van der Waals surface area contributed by atoms with Crippen molar-refractivity contribution >= 4 is 28.3 Å². The van der Waals surface area contributed by atoms with E-state index >= 15 is 0 Å². The number of pyridine rings is 2. The number of para-hydroxylation sites is 1. The summed E-state index contributed by atoms with van der Waals surface area (Å²) in [5.41, 5.74) is 4.14. The third kappa shape index (κ3) is 3.66. The Bertz CT molecular complexity index is 1200. The fraction of sp³-hybridized carbons (Fsp3) is 0.217. The van der Waals surface area contributed by atoms with Crippen molar-refractivity contribution in [1.82, 2.24) is 19.7 Å². The molecule has 1 aliphatic rings. The molecule has 29 heavy (non-hydrogen) atoms. The largest absolute Gasteiger partial charge is 0.299 e. The summed E-state index contributed by atoms with van der Waals surface area (Å²) in [6.45, 7) is 0. The minimum Gasteiger partial charge on any atom is -0.299 e. The van der Waals surface area contributed by atoms with Gasteiger partial charge in [0.15, 0.2) is 5.82 Å². The average Bonchev–Trinajstić information content (AvgIpc) is 3.41. The molecular formula is C23H19ClN4O. The lowest BCUT2D eigenvalue weighted by Gasteiger charge is -2.12. The minimum absolute atomic E-state index is 0.133. The Morgan fingerprint density at radius 2 is 1.97 bits per heavy atom. The first kappa shape index (κ1) is 18.0. The van der Waals surface area contributed by atoms with Gasteiger partial charge in [0, 0.05) is 43.0 Å². The van der Waals surface area contributed by atoms with Crippen LogP contribution < -0.4 is 0 Å². The number of benzene rings is 1. The summed E-state index contributed by atoms with van der Waals surface area (Å²) in [6, 6.07) is 11.8. The number of hydrogen-bond donors (Lipinski definition) is 0. The summed E-state index contributed by atoms with van der Waals surface area (Å²) in [5.74, 6) is 1.24. The number of fused-ring (bicyclic) bond motifs is 1. The third-order valence-electron chi connectivity index (χ3n) is 5.27. The fourth-order valence-electron chi connectivity index (χ4n) is 3.83. The molecule has 0 saturated heterocycles. The summed E-state index contributed by atoms with van der Waals surface area (Å²) in [4.78, 5) is 21.8. The second-order valence-electron chi connectivity index (χ2n) is 7.48. The zero-order valence-electron chi connectivity index (χ0n) is 15.8. The van der Waals surface area contributed by atoms with E-state index in [9.17, 15) is 4.79 Å². The minimum atomic E-state index is 0.133. The van der Waals surface area contributed by atoms with Crippen LogP contribution in [0.4, 0.5) is 0 Å². The van der Waals surface area contributed by atoms with Gasteiger partial charge in [-0.05, 0) is 53.6 Å². The second kappa shape index (κ2) is 7.41. The van der Waals surface area contributed by atoms with Gasteiger partial charge in [-0.2, -0.15) is 5.10 Å². The first-order valence-corrected chi connectivity index (χ1v) is 10.1. The molecular weight excluding hydrogens is 384 g/mol. The van der Waals surface area contributed by atoms with E-state index in [0.717, 1.165) is 16.6 Å². The predicted molar refractivity (Wildman–Crippen MR) is 113 cm³/mol. The molecule has 0 bridgehead atoms. The molecule has 0 N–H and O–H groups in total. The highest BCUT2D eigenvalue weighted by Crippen LogP contribution is 2.44. The van der Waals surface area contributed by atoms with Crippen molar-refractivity contribution < 1.29 is 4.79 Å². The predicted octanol–water partition coefficient (Wildman–Crippen LogP) is 4.70. The smallest absolute Gasteiger partial charge is 0.172 e. The molecule has 0 radical (unpaired) electrons. The molecule has 3 heterocycles. The zero-order valence-corrected chi connectivity index (χ0v) is 16.5. The van der Waals surface area contributed by atoms with Crippen LogP contribution in [0.15, 0.2) is 61.2 Å². The van der Waals surface area contributed by atoms with Gasteiger partial charge in [0.25, 0.3) is 0 Å². The Morgan fingerprint density at radius 3 is 2.72 bits per heavy atom. The van der Waals surface area contributed by atoms with Crippen molar-refractivity contribution in [3.63, 3.8) is 0 Å². The Morgan fingerprint density at radius 1 is 1.10 bits per heavy atom. The Labute approximate surface area is 173 Å². The molecule has 5 nitrogen and oxygen atoms in total. The van der Waals surface area contributed by atoms with Crippen LogP contribution in [0.5, 0.6) is 0 Å². The molecule has 5 rings (SSSR count). The van der Waals surface area contributed by atoms with Gasteiger partial charge in [-0.1, -0.05) is 29.8 Å². The van der Waals surface area contributed by atoms with Gasteiger partial charge in [0.1, 0.15) is 5.78 Å². The summed E-state index contributed by atoms with van der Waals surface area (Å²) >= 11 is 6.36. The lowest BCUT2D eigenvalue weighted by atomic mass is 9.95. The molecule has 4 aromatic rings. The van der Waals surface area contributed by atoms with Crippen LogP contribution in [0.3, 0.4) is 0 Å². The lowest BCUT2D eigenvalue weighted by molar-refractivity contribution is -0.117. The number of halogens is 1. The first-order valence-electron chi connectivity index (χ1n) is 9.71. The highest BCUT2D eigenvalue weighted by Gasteiger charge is 2.28. The van der Waals surface area contributed by atoms with E-state index in [-0.39, 0.29) is 5.78 Å². The van der Waals surface area contributed by atoms with Crippen molar-refractivity contribution in [1.29, 1.82) is 0 Å². The van der Waals surface area contributed by atoms with E-state index in [1.165, 1.54) is 23.8 Å². The summed E-state index contributed by atoms with van der Waals surface area (Å²) in [6.07, 6.45) is 10.1. The van der Waals surface area contributed by atoms with E-state index in [4.69, 9.17) is 11.6 Å². The maximum Gasteiger partial charge on any atom is 0.172 e. The molecule has 3 aromatic heterocycles. The van der Waals surface area contributed by atoms with Crippen LogP contribution in [0.2, 0.25) is 5.02 Å². The highest BCUT2D eigenvalue weighted by atomic mass is 35.5. The second-order valence-corrected chi connectivity index (χ2v) is 7.89. The standard InChI is InChI=1S/C23H19ClN4O/c24-20-11-15(13-26-23(20)28-9-3-8-27-28)10-18(29)12-17-14-25-21-5-2-1-4-19(21)22(17)16-6-7-16/h1-5,8-9,11,13-14,16H,6-7,10,12H2. The molecule has 1 saturated carbocycles. The number of aromatic nitrogens is 4. The molecule has 0 spiro atoms. The van der Waals surface area contributed by atoms with Crippen molar-refractivity contribution in [2.45, 2.75) is 31.6 Å². The number of Topliss-reactive ketones (excluding diaryl/α,β-unsaturated/α-hetero) is 1. The quantitative estimate of drug-likeness (QED) is 0.469. The van der Waals surface area contributed by atoms with Crippen molar-refractivity contribution in [2.24, 2.45) is 0 Å². The molecule has 1 aromatic carbocycles. The molecule has 1 fully saturated rings. The van der Waals surface area contributed by atoms with Gasteiger partial charge in [-0.3, -0.25) is 9.78 Å². The van der Waals surface area contributed by atoms with Gasteiger partial charge >= 0.3 is 0 Å². The number of hydrogen-bond acceptors (Lipinski definition) is 4. The number of rotatable bonds is 6. The summed E-state index contributed by atoms with van der Waals surface area (Å²) in [5, 5.41) is 5.80. The zero-order chi connectivity index (χ0) is 19.8. The average molecular weight is 403 g/mol. The van der Waals surface area contributed by atoms with E-state index in [1.54, 1.807) is 29.3 Å². The molecule has 6 heteroatoms. The van der Waals surface area contributed by atoms with Gasteiger partial charge in [-0.15, -0.1) is 0 Å². The summed E-state index contributed by atoms with van der Waals surface area (Å²) < 4.78 is 1.61. The van der Waals surface area contributed by atoms with E-state index in [1.807, 2.05) is 30.5 Å². The van der Waals surface area contributed by atoms with Gasteiger partial charge in [0.2, 0.25) is 0 Å². The van der Waals surface area contributed by atoms with Crippen LogP contribution in [0, 0.1) is 0 Å². The monoisotopic (exact) mass is 402 g/mol. The molecule has 0 amide bonds. The Hall–Kier alpha value is -3.05. The lowest BCUT2D eigenvalue weighted by Crippen LogP contribution is -2.10. The van der Waals surface area contributed by atoms with Gasteiger partial charge in [-0.25, -0.2) is 9.67 Å². The first-order chi connectivity index (χ1) is 14.2. The van der Waals surface area contributed by atoms with Gasteiger partial charge < -0.3 is 0 Å². The number of carbonyl (C=O) groups is 1. The van der Waals surface area contributed by atoms with Gasteiger partial charge in [0.05, 0.1) is 10.5 Å². The molecule has 144 valence electrons. The van der Waals surface area contributed by atoms with E-state index in [0.29, 0.717) is 29.6 Å². The van der Waals surface area contributed by atoms with Crippen molar-refractivity contribution in [3.05, 3.63) is 82.9 Å². The number of ketones is 1. The SMILES string of the molecule is O=C(Cc1cnc(-n2cccn2)c(Cl)c1)Cc1cnc2ccccc2c1C1CC1. The summed E-state index contributed by atoms with van der Waals surface area (Å²) in [7, 11) is 0. The normalized spacial score (nSPS) is 13.7. The highest BCUT2D eigenvalue weighted by molar-refractivity contribution is 6.32. The van der Waals surface area contributed by atoms with Crippen molar-refractivity contribution in [3.8, 4) is 5.82 Å².